The maximum Gasteiger partial charge on any atom is 0.358 e. The highest BCUT2D eigenvalue weighted by molar-refractivity contribution is 9.10. The zero-order valence-corrected chi connectivity index (χ0v) is 13.4. The summed E-state index contributed by atoms with van der Waals surface area (Å²) in [6, 6.07) is 6.09. The van der Waals surface area contributed by atoms with E-state index < -0.39 is 0 Å². The molecule has 0 fully saturated rings. The molecule has 1 aromatic heterocycles. The van der Waals surface area contributed by atoms with Gasteiger partial charge in [0.1, 0.15) is 5.01 Å². The quantitative estimate of drug-likeness (QED) is 0.779. The first-order valence-corrected chi connectivity index (χ1v) is 7.54. The first kappa shape index (κ1) is 14.2. The van der Waals surface area contributed by atoms with Gasteiger partial charge in [-0.05, 0) is 44.5 Å². The van der Waals surface area contributed by atoms with Crippen LogP contribution in [0.15, 0.2) is 22.7 Å². The van der Waals surface area contributed by atoms with Crippen LogP contribution in [0.25, 0.3) is 10.6 Å². The Kier molecular flexibility index (Phi) is 4.37. The van der Waals surface area contributed by atoms with E-state index >= 15 is 0 Å². The first-order chi connectivity index (χ1) is 9.01. The summed E-state index contributed by atoms with van der Waals surface area (Å²) in [4.78, 5) is 17.0. The lowest BCUT2D eigenvalue weighted by Crippen LogP contribution is -2.06. The fourth-order valence-electron chi connectivity index (χ4n) is 1.77. The number of esters is 1. The van der Waals surface area contributed by atoms with Gasteiger partial charge in [0, 0.05) is 14.9 Å². The third-order valence-corrected chi connectivity index (χ3v) is 4.03. The molecule has 0 saturated carbocycles. The van der Waals surface area contributed by atoms with Gasteiger partial charge in [0.25, 0.3) is 0 Å². The van der Waals surface area contributed by atoms with Crippen molar-refractivity contribution in [3.05, 3.63) is 38.8 Å². The van der Waals surface area contributed by atoms with E-state index in [0.717, 1.165) is 25.5 Å². The molecule has 2 rings (SSSR count). The van der Waals surface area contributed by atoms with Crippen LogP contribution < -0.4 is 0 Å². The van der Waals surface area contributed by atoms with Crippen molar-refractivity contribution in [2.45, 2.75) is 20.8 Å². The lowest BCUT2D eigenvalue weighted by atomic mass is 10.1. The van der Waals surface area contributed by atoms with E-state index in [2.05, 4.69) is 27.0 Å². The molecule has 1 heterocycles. The molecule has 0 unspecified atom stereocenters. The summed E-state index contributed by atoms with van der Waals surface area (Å²) in [7, 11) is 0. The Morgan fingerprint density at radius 3 is 2.74 bits per heavy atom. The van der Waals surface area contributed by atoms with Gasteiger partial charge in [-0.2, -0.15) is 0 Å². The molecule has 5 heteroatoms. The summed E-state index contributed by atoms with van der Waals surface area (Å²) >= 11 is 4.98. The number of aryl methyl sites for hydroxylation is 2. The fourth-order valence-corrected chi connectivity index (χ4v) is 3.26. The zero-order chi connectivity index (χ0) is 14.0. The molecule has 0 aliphatic carbocycles. The molecule has 2 aromatic rings. The fraction of sp³-hybridized carbons (Fsp3) is 0.286. The molecule has 0 aliphatic heterocycles. The van der Waals surface area contributed by atoms with Crippen molar-refractivity contribution < 1.29 is 9.53 Å². The summed E-state index contributed by atoms with van der Waals surface area (Å²) in [5.41, 5.74) is 2.57. The number of aromatic nitrogens is 1. The molecule has 0 saturated heterocycles. The van der Waals surface area contributed by atoms with E-state index in [1.54, 1.807) is 6.92 Å². The van der Waals surface area contributed by atoms with E-state index in [1.165, 1.54) is 11.3 Å². The number of halogens is 1. The Hall–Kier alpha value is -1.20. The third kappa shape index (κ3) is 3.22. The van der Waals surface area contributed by atoms with Gasteiger partial charge in [0.2, 0.25) is 0 Å². The lowest BCUT2D eigenvalue weighted by Gasteiger charge is -2.00. The van der Waals surface area contributed by atoms with Crippen LogP contribution in [-0.2, 0) is 4.74 Å². The number of hydrogen-bond donors (Lipinski definition) is 0. The number of benzene rings is 1. The standard InChI is InChI=1S/C14H14BrNO2S/c1-4-18-14(17)12-9(3)19-13(16-12)10-5-8(2)6-11(15)7-10/h5-7H,4H2,1-3H3. The number of nitrogens with zero attached hydrogens (tertiary/aromatic N) is 1. The van der Waals surface area contributed by atoms with Crippen LogP contribution in [0.2, 0.25) is 0 Å². The lowest BCUT2D eigenvalue weighted by molar-refractivity contribution is 0.0519. The van der Waals surface area contributed by atoms with Crippen LogP contribution in [-0.4, -0.2) is 17.6 Å². The third-order valence-electron chi connectivity index (χ3n) is 2.55. The van der Waals surface area contributed by atoms with Crippen molar-refractivity contribution in [3.8, 4) is 10.6 Å². The van der Waals surface area contributed by atoms with E-state index in [1.807, 2.05) is 26.0 Å². The van der Waals surface area contributed by atoms with Crippen molar-refractivity contribution in [2.24, 2.45) is 0 Å². The number of ether oxygens (including phenoxy) is 1. The second kappa shape index (κ2) is 5.84. The van der Waals surface area contributed by atoms with Crippen molar-refractivity contribution in [2.75, 3.05) is 6.61 Å². The highest BCUT2D eigenvalue weighted by Crippen LogP contribution is 2.30. The van der Waals surface area contributed by atoms with Crippen molar-refractivity contribution in [1.82, 2.24) is 4.98 Å². The number of rotatable bonds is 3. The number of thiazole rings is 1. The predicted octanol–water partition coefficient (Wildman–Crippen LogP) is 4.37. The smallest absolute Gasteiger partial charge is 0.358 e. The van der Waals surface area contributed by atoms with Crippen LogP contribution in [0.5, 0.6) is 0 Å². The number of carbonyl (C=O) groups excluding carboxylic acids is 1. The van der Waals surface area contributed by atoms with Crippen LogP contribution in [0.3, 0.4) is 0 Å². The van der Waals surface area contributed by atoms with Crippen LogP contribution in [0.1, 0.15) is 27.9 Å². The Balaban J connectivity index is 2.41. The van der Waals surface area contributed by atoms with E-state index in [0.29, 0.717) is 12.3 Å². The normalized spacial score (nSPS) is 10.5. The van der Waals surface area contributed by atoms with Crippen LogP contribution in [0.4, 0.5) is 0 Å². The Labute approximate surface area is 124 Å². The minimum absolute atomic E-state index is 0.353. The molecular formula is C14H14BrNO2S. The number of carbonyl (C=O) groups is 1. The second-order valence-electron chi connectivity index (χ2n) is 4.16. The summed E-state index contributed by atoms with van der Waals surface area (Å²) in [6.45, 7) is 6.07. The van der Waals surface area contributed by atoms with Gasteiger partial charge in [-0.1, -0.05) is 15.9 Å². The monoisotopic (exact) mass is 339 g/mol. The molecule has 0 spiro atoms. The van der Waals surface area contributed by atoms with Gasteiger partial charge in [-0.15, -0.1) is 11.3 Å². The maximum atomic E-state index is 11.8. The maximum absolute atomic E-state index is 11.8. The number of hydrogen-bond acceptors (Lipinski definition) is 4. The highest BCUT2D eigenvalue weighted by atomic mass is 79.9. The van der Waals surface area contributed by atoms with Crippen LogP contribution >= 0.6 is 27.3 Å². The summed E-state index contributed by atoms with van der Waals surface area (Å²) in [5.74, 6) is -0.353. The van der Waals surface area contributed by atoms with Crippen molar-refractivity contribution >= 4 is 33.2 Å². The molecule has 100 valence electrons. The molecule has 3 nitrogen and oxygen atoms in total. The molecule has 0 atom stereocenters. The first-order valence-electron chi connectivity index (χ1n) is 5.93. The zero-order valence-electron chi connectivity index (χ0n) is 11.0. The molecule has 1 aromatic carbocycles. The molecular weight excluding hydrogens is 326 g/mol. The van der Waals surface area contributed by atoms with E-state index in [9.17, 15) is 4.79 Å². The molecule has 0 amide bonds. The largest absolute Gasteiger partial charge is 0.461 e. The van der Waals surface area contributed by atoms with Gasteiger partial charge >= 0.3 is 5.97 Å². The van der Waals surface area contributed by atoms with Gasteiger partial charge in [-0.3, -0.25) is 0 Å². The molecule has 0 bridgehead atoms. The molecule has 0 N–H and O–H groups in total. The van der Waals surface area contributed by atoms with Gasteiger partial charge in [0.05, 0.1) is 6.61 Å². The average Bonchev–Trinajstić information content (AvgIpc) is 2.70. The Bertz CT molecular complexity index is 602. The summed E-state index contributed by atoms with van der Waals surface area (Å²) in [6.07, 6.45) is 0. The Morgan fingerprint density at radius 1 is 1.37 bits per heavy atom. The highest BCUT2D eigenvalue weighted by Gasteiger charge is 2.17. The van der Waals surface area contributed by atoms with Crippen molar-refractivity contribution in [1.29, 1.82) is 0 Å². The van der Waals surface area contributed by atoms with E-state index in [-0.39, 0.29) is 5.97 Å². The van der Waals surface area contributed by atoms with Gasteiger partial charge in [0.15, 0.2) is 5.69 Å². The SMILES string of the molecule is CCOC(=O)c1nc(-c2cc(C)cc(Br)c2)sc1C. The predicted molar refractivity (Wildman–Crippen MR) is 80.7 cm³/mol. The molecule has 19 heavy (non-hydrogen) atoms. The van der Waals surface area contributed by atoms with Gasteiger partial charge in [-0.25, -0.2) is 9.78 Å². The minimum atomic E-state index is -0.353. The van der Waals surface area contributed by atoms with Crippen molar-refractivity contribution in [3.63, 3.8) is 0 Å². The van der Waals surface area contributed by atoms with Gasteiger partial charge < -0.3 is 4.74 Å². The average molecular weight is 340 g/mol. The second-order valence-corrected chi connectivity index (χ2v) is 6.28. The Morgan fingerprint density at radius 2 is 2.11 bits per heavy atom. The summed E-state index contributed by atoms with van der Waals surface area (Å²) < 4.78 is 6.01. The van der Waals surface area contributed by atoms with E-state index in [4.69, 9.17) is 4.74 Å². The molecule has 0 radical (unpaired) electrons. The topological polar surface area (TPSA) is 39.2 Å². The minimum Gasteiger partial charge on any atom is -0.461 e. The summed E-state index contributed by atoms with van der Waals surface area (Å²) in [5, 5.41) is 0.838. The van der Waals surface area contributed by atoms with Crippen LogP contribution in [0, 0.1) is 13.8 Å². The molecule has 0 aliphatic rings.